The molecule has 0 unspecified atom stereocenters. The second kappa shape index (κ2) is 10.6. The molecule has 0 saturated heterocycles. The maximum Gasteiger partial charge on any atom is 0.0972 e. The van der Waals surface area contributed by atoms with Gasteiger partial charge in [-0.05, 0) is 83.5 Å². The van der Waals surface area contributed by atoms with Gasteiger partial charge < -0.3 is 0 Å². The molecule has 0 bridgehead atoms. The Bertz CT molecular complexity index is 2850. The lowest BCUT2D eigenvalue weighted by Crippen LogP contribution is -1.93. The summed E-state index contributed by atoms with van der Waals surface area (Å²) in [7, 11) is 0. The van der Waals surface area contributed by atoms with E-state index in [9.17, 15) is 0 Å². The molecule has 2 heteroatoms. The predicted molar refractivity (Wildman–Crippen MR) is 203 cm³/mol. The van der Waals surface area contributed by atoms with E-state index in [2.05, 4.69) is 158 Å². The molecule has 0 radical (unpaired) electrons. The minimum atomic E-state index is 0.931. The summed E-state index contributed by atoms with van der Waals surface area (Å²) in [5.74, 6) is 0. The summed E-state index contributed by atoms with van der Waals surface area (Å²) in [4.78, 5) is 9.93. The fourth-order valence-corrected chi connectivity index (χ4v) is 7.69. The standard InChI is InChI=1S/C46H28N2/c1-2-11-32-28-33(22-19-29(32)10-1)43-37-15-5-7-17-39(37)44(40-18-8-6-16-38(40)43)41-25-24-36(34-13-3-4-14-35(34)41)42-26-23-31-21-20-30-12-9-27-47-45(30)46(31)48-42/h1-28H. The van der Waals surface area contributed by atoms with Crippen LogP contribution in [0.5, 0.6) is 0 Å². The van der Waals surface area contributed by atoms with E-state index in [-0.39, 0.29) is 0 Å². The zero-order chi connectivity index (χ0) is 31.6. The predicted octanol–water partition coefficient (Wildman–Crippen LogP) is 12.4. The van der Waals surface area contributed by atoms with E-state index < -0.39 is 0 Å². The van der Waals surface area contributed by atoms with Crippen molar-refractivity contribution in [2.75, 3.05) is 0 Å². The minimum absolute atomic E-state index is 0.931. The normalized spacial score (nSPS) is 11.8. The maximum absolute atomic E-state index is 5.23. The molecule has 222 valence electrons. The second-order valence-corrected chi connectivity index (χ2v) is 12.5. The highest BCUT2D eigenvalue weighted by Gasteiger charge is 2.19. The molecule has 0 N–H and O–H groups in total. The molecule has 8 aromatic carbocycles. The quantitative estimate of drug-likeness (QED) is 0.147. The van der Waals surface area contributed by atoms with Gasteiger partial charge in [0.15, 0.2) is 0 Å². The number of hydrogen-bond acceptors (Lipinski definition) is 2. The van der Waals surface area contributed by atoms with Crippen LogP contribution in [-0.2, 0) is 0 Å². The number of hydrogen-bond donors (Lipinski definition) is 0. The third-order valence-electron chi connectivity index (χ3n) is 9.87. The molecule has 48 heavy (non-hydrogen) atoms. The lowest BCUT2D eigenvalue weighted by Gasteiger charge is -2.20. The summed E-state index contributed by atoms with van der Waals surface area (Å²) >= 11 is 0. The van der Waals surface area contributed by atoms with Crippen LogP contribution in [0.25, 0.3) is 98.4 Å². The van der Waals surface area contributed by atoms with Crippen LogP contribution in [0, 0.1) is 0 Å². The molecule has 0 saturated carbocycles. The summed E-state index contributed by atoms with van der Waals surface area (Å²) in [6, 6.07) is 59.2. The van der Waals surface area contributed by atoms with Gasteiger partial charge in [-0.25, -0.2) is 4.98 Å². The first-order chi connectivity index (χ1) is 23.8. The zero-order valence-electron chi connectivity index (χ0n) is 26.1. The third-order valence-corrected chi connectivity index (χ3v) is 9.87. The average Bonchev–Trinajstić information content (AvgIpc) is 3.16. The Kier molecular flexibility index (Phi) is 5.91. The van der Waals surface area contributed by atoms with Crippen molar-refractivity contribution in [1.29, 1.82) is 0 Å². The Hall–Kier alpha value is -6.38. The van der Waals surface area contributed by atoms with Crippen LogP contribution in [0.2, 0.25) is 0 Å². The van der Waals surface area contributed by atoms with E-state index in [1.54, 1.807) is 0 Å². The maximum atomic E-state index is 5.23. The topological polar surface area (TPSA) is 25.8 Å². The van der Waals surface area contributed by atoms with Crippen molar-refractivity contribution in [2.45, 2.75) is 0 Å². The summed E-state index contributed by atoms with van der Waals surface area (Å²) < 4.78 is 0. The van der Waals surface area contributed by atoms with Crippen LogP contribution < -0.4 is 0 Å². The van der Waals surface area contributed by atoms with Gasteiger partial charge in [-0.1, -0.05) is 146 Å². The van der Waals surface area contributed by atoms with Gasteiger partial charge in [-0.3, -0.25) is 4.98 Å². The van der Waals surface area contributed by atoms with Gasteiger partial charge in [0.2, 0.25) is 0 Å². The van der Waals surface area contributed by atoms with Crippen LogP contribution in [0.3, 0.4) is 0 Å². The molecule has 10 rings (SSSR count). The molecule has 2 heterocycles. The van der Waals surface area contributed by atoms with Gasteiger partial charge in [-0.15, -0.1) is 0 Å². The van der Waals surface area contributed by atoms with Crippen LogP contribution in [0.4, 0.5) is 0 Å². The number of rotatable bonds is 3. The SMILES string of the molecule is c1ccc2cc(-c3c4ccccc4c(-c4ccc(-c5ccc6ccc7cccnc7c6n5)c5ccccc45)c4ccccc34)ccc2c1. The Morgan fingerprint density at radius 3 is 1.58 bits per heavy atom. The lowest BCUT2D eigenvalue weighted by molar-refractivity contribution is 1.37. The van der Waals surface area contributed by atoms with Gasteiger partial charge in [0.1, 0.15) is 0 Å². The van der Waals surface area contributed by atoms with Gasteiger partial charge in [0.25, 0.3) is 0 Å². The first kappa shape index (κ1) is 26.8. The molecule has 2 aromatic heterocycles. The fraction of sp³-hybridized carbons (Fsp3) is 0. The van der Waals surface area contributed by atoms with Crippen molar-refractivity contribution in [1.82, 2.24) is 9.97 Å². The van der Waals surface area contributed by atoms with Gasteiger partial charge >= 0.3 is 0 Å². The van der Waals surface area contributed by atoms with Crippen molar-refractivity contribution in [3.63, 3.8) is 0 Å². The van der Waals surface area contributed by atoms with Gasteiger partial charge in [-0.2, -0.15) is 0 Å². The number of pyridine rings is 2. The highest BCUT2D eigenvalue weighted by atomic mass is 14.8. The molecule has 0 aliphatic carbocycles. The smallest absolute Gasteiger partial charge is 0.0972 e. The minimum Gasteiger partial charge on any atom is -0.254 e. The number of benzene rings is 8. The van der Waals surface area contributed by atoms with Crippen LogP contribution in [0.15, 0.2) is 170 Å². The number of nitrogens with zero attached hydrogens (tertiary/aromatic N) is 2. The van der Waals surface area contributed by atoms with Crippen molar-refractivity contribution in [3.05, 3.63) is 170 Å². The van der Waals surface area contributed by atoms with E-state index in [0.29, 0.717) is 0 Å². The Balaban J connectivity index is 1.24. The molecule has 10 aromatic rings. The van der Waals surface area contributed by atoms with Crippen LogP contribution >= 0.6 is 0 Å². The zero-order valence-corrected chi connectivity index (χ0v) is 26.1. The summed E-state index contributed by atoms with van der Waals surface area (Å²) in [5.41, 5.74) is 8.92. The fourth-order valence-electron chi connectivity index (χ4n) is 7.69. The molecule has 0 atom stereocenters. The van der Waals surface area contributed by atoms with E-state index in [1.807, 2.05) is 12.3 Å². The van der Waals surface area contributed by atoms with E-state index in [4.69, 9.17) is 9.97 Å². The van der Waals surface area contributed by atoms with Crippen LogP contribution in [0.1, 0.15) is 0 Å². The van der Waals surface area contributed by atoms with E-state index in [0.717, 1.165) is 33.1 Å². The molecule has 2 nitrogen and oxygen atoms in total. The largest absolute Gasteiger partial charge is 0.254 e. The average molecular weight is 609 g/mol. The Morgan fingerprint density at radius 1 is 0.333 bits per heavy atom. The van der Waals surface area contributed by atoms with Gasteiger partial charge in [0.05, 0.1) is 16.7 Å². The summed E-state index contributed by atoms with van der Waals surface area (Å²) in [6.45, 7) is 0. The Labute approximate surface area is 277 Å². The molecule has 0 aliphatic heterocycles. The second-order valence-electron chi connectivity index (χ2n) is 12.5. The summed E-state index contributed by atoms with van der Waals surface area (Å²) in [5, 5.41) is 12.1. The number of fused-ring (bicyclic) bond motifs is 7. The molecule has 0 amide bonds. The molecular formula is C46H28N2. The molecule has 0 aliphatic rings. The van der Waals surface area contributed by atoms with Crippen molar-refractivity contribution < 1.29 is 0 Å². The molecular weight excluding hydrogens is 581 g/mol. The van der Waals surface area contributed by atoms with E-state index in [1.165, 1.54) is 65.3 Å². The lowest BCUT2D eigenvalue weighted by atomic mass is 9.84. The first-order valence-corrected chi connectivity index (χ1v) is 16.4. The van der Waals surface area contributed by atoms with Crippen molar-refractivity contribution >= 4 is 64.9 Å². The first-order valence-electron chi connectivity index (χ1n) is 16.4. The Morgan fingerprint density at radius 2 is 0.854 bits per heavy atom. The van der Waals surface area contributed by atoms with Gasteiger partial charge in [0, 0.05) is 22.5 Å². The van der Waals surface area contributed by atoms with Crippen molar-refractivity contribution in [2.24, 2.45) is 0 Å². The highest BCUT2D eigenvalue weighted by Crippen LogP contribution is 2.46. The molecule has 0 fully saturated rings. The summed E-state index contributed by atoms with van der Waals surface area (Å²) in [6.07, 6.45) is 1.85. The third kappa shape index (κ3) is 4.06. The highest BCUT2D eigenvalue weighted by molar-refractivity contribution is 6.24. The van der Waals surface area contributed by atoms with Crippen LogP contribution in [-0.4, -0.2) is 9.97 Å². The monoisotopic (exact) mass is 608 g/mol. The van der Waals surface area contributed by atoms with E-state index >= 15 is 0 Å². The number of aromatic nitrogens is 2. The van der Waals surface area contributed by atoms with Crippen molar-refractivity contribution in [3.8, 4) is 33.5 Å². The molecule has 0 spiro atoms.